The van der Waals surface area contributed by atoms with Gasteiger partial charge in [-0.2, -0.15) is 9.40 Å². The average molecular weight is 856 g/mol. The molecule has 2 heterocycles. The molecule has 7 rings (SSSR count). The Balaban J connectivity index is 1.14. The first-order valence-corrected chi connectivity index (χ1v) is 20.0. The Morgan fingerprint density at radius 2 is 1.30 bits per heavy atom. The molecule has 0 saturated carbocycles. The molecule has 0 radical (unpaired) electrons. The number of fused-ring (bicyclic) bond motifs is 1. The Morgan fingerprint density at radius 1 is 0.738 bits per heavy atom. The Morgan fingerprint density at radius 3 is 1.89 bits per heavy atom. The molecule has 314 valence electrons. The van der Waals surface area contributed by atoms with Gasteiger partial charge in [-0.1, -0.05) is 42.5 Å². The standard InChI is InChI=1S/C43H37F4N7O6S/c1-58-29-15-9-26(10-16-29)23-53(24-27-11-17-30(59-2)18-12-27)61(56,57)40-33(35(44)36(45)37(46)38(40)47)43(55)49-21-6-22-54-42-34(41(48)50-25-51-42)39(52-54)28-13-19-32(20-14-28)60-31-7-4-3-5-8-31/h3-5,7-20,25H,6,21-24H2,1-2H3,(H,49,55)(H2,48,50,51). The maximum Gasteiger partial charge on any atom is 0.255 e. The summed E-state index contributed by atoms with van der Waals surface area (Å²) >= 11 is 0. The maximum atomic E-state index is 15.8. The SMILES string of the molecule is COc1ccc(CN(Cc2ccc(OC)cc2)S(=O)(=O)c2c(F)c(F)c(F)c(F)c2C(=O)NCCCn2nc(-c3ccc(Oc4ccccc4)cc3)c3c(N)ncnc32)cc1. The molecule has 0 aliphatic carbocycles. The van der Waals surface area contributed by atoms with Gasteiger partial charge in [0.15, 0.2) is 28.9 Å². The molecule has 61 heavy (non-hydrogen) atoms. The van der Waals surface area contributed by atoms with E-state index in [2.05, 4.69) is 15.3 Å². The smallest absolute Gasteiger partial charge is 0.255 e. The summed E-state index contributed by atoms with van der Waals surface area (Å²) < 4.78 is 108. The minimum Gasteiger partial charge on any atom is -0.497 e. The molecule has 0 saturated heterocycles. The number of amides is 1. The van der Waals surface area contributed by atoms with E-state index < -0.39 is 62.7 Å². The number of nitrogens with one attached hydrogen (secondary N) is 1. The van der Waals surface area contributed by atoms with Crippen molar-refractivity contribution in [1.82, 2.24) is 29.4 Å². The first-order chi connectivity index (χ1) is 29.4. The third-order valence-electron chi connectivity index (χ3n) is 9.58. The lowest BCUT2D eigenvalue weighted by molar-refractivity contribution is 0.0941. The number of nitrogen functional groups attached to an aromatic ring is 1. The molecule has 0 unspecified atom stereocenters. The van der Waals surface area contributed by atoms with Crippen LogP contribution in [0.15, 0.2) is 114 Å². The highest BCUT2D eigenvalue weighted by Gasteiger charge is 2.39. The van der Waals surface area contributed by atoms with Gasteiger partial charge in [-0.15, -0.1) is 0 Å². The number of nitrogens with two attached hydrogens (primary N) is 1. The molecular formula is C43H37F4N7O6S. The van der Waals surface area contributed by atoms with Gasteiger partial charge in [-0.05, 0) is 78.2 Å². The fourth-order valence-electron chi connectivity index (χ4n) is 6.49. The number of ether oxygens (including phenoxy) is 3. The molecule has 2 aromatic heterocycles. The fourth-order valence-corrected chi connectivity index (χ4v) is 8.15. The Bertz CT molecular complexity index is 2750. The van der Waals surface area contributed by atoms with Crippen LogP contribution in [-0.4, -0.2) is 59.1 Å². The number of benzene rings is 5. The topological polar surface area (TPSA) is 164 Å². The zero-order chi connectivity index (χ0) is 43.3. The second kappa shape index (κ2) is 18.1. The highest BCUT2D eigenvalue weighted by Crippen LogP contribution is 2.34. The molecular weight excluding hydrogens is 819 g/mol. The highest BCUT2D eigenvalue weighted by molar-refractivity contribution is 7.89. The van der Waals surface area contributed by atoms with Crippen molar-refractivity contribution in [2.45, 2.75) is 31.0 Å². The molecule has 0 spiro atoms. The lowest BCUT2D eigenvalue weighted by Gasteiger charge is -2.25. The number of hydrogen-bond acceptors (Lipinski definition) is 10. The van der Waals surface area contributed by atoms with Gasteiger partial charge in [0.25, 0.3) is 5.91 Å². The maximum absolute atomic E-state index is 15.8. The number of para-hydroxylation sites is 1. The van der Waals surface area contributed by atoms with E-state index in [0.29, 0.717) is 56.4 Å². The monoisotopic (exact) mass is 855 g/mol. The zero-order valence-electron chi connectivity index (χ0n) is 32.6. The van der Waals surface area contributed by atoms with Gasteiger partial charge in [-0.25, -0.2) is 40.6 Å². The van der Waals surface area contributed by atoms with Crippen molar-refractivity contribution in [3.05, 3.63) is 149 Å². The highest BCUT2D eigenvalue weighted by atomic mass is 32.2. The van der Waals surface area contributed by atoms with Gasteiger partial charge >= 0.3 is 0 Å². The van der Waals surface area contributed by atoms with E-state index in [9.17, 15) is 22.0 Å². The number of carbonyl (C=O) groups excluding carboxylic acids is 1. The van der Waals surface area contributed by atoms with Crippen molar-refractivity contribution in [1.29, 1.82) is 0 Å². The van der Waals surface area contributed by atoms with Crippen LogP contribution in [0.2, 0.25) is 0 Å². The van der Waals surface area contributed by atoms with E-state index in [-0.39, 0.29) is 25.3 Å². The van der Waals surface area contributed by atoms with Gasteiger partial charge in [0.05, 0.1) is 19.6 Å². The fraction of sp³-hybridized carbons (Fsp3) is 0.163. The van der Waals surface area contributed by atoms with Crippen LogP contribution in [-0.2, 0) is 29.7 Å². The molecule has 13 nitrogen and oxygen atoms in total. The number of carbonyl (C=O) groups is 1. The summed E-state index contributed by atoms with van der Waals surface area (Å²) in [6, 6.07) is 28.7. The van der Waals surface area contributed by atoms with E-state index in [1.54, 1.807) is 48.5 Å². The quantitative estimate of drug-likeness (QED) is 0.0427. The van der Waals surface area contributed by atoms with Gasteiger partial charge in [0, 0.05) is 31.7 Å². The molecule has 0 fully saturated rings. The Hall–Kier alpha value is -7.05. The number of nitrogens with zero attached hydrogens (tertiary/aromatic N) is 5. The number of anilines is 1. The number of hydrogen-bond donors (Lipinski definition) is 2. The molecule has 18 heteroatoms. The van der Waals surface area contributed by atoms with Crippen LogP contribution < -0.4 is 25.3 Å². The minimum absolute atomic E-state index is 0.0760. The average Bonchev–Trinajstić information content (AvgIpc) is 3.65. The van der Waals surface area contributed by atoms with E-state index >= 15 is 8.78 Å². The summed E-state index contributed by atoms with van der Waals surface area (Å²) in [4.78, 5) is 20.4. The minimum atomic E-state index is -5.30. The van der Waals surface area contributed by atoms with Crippen molar-refractivity contribution in [3.8, 4) is 34.3 Å². The molecule has 0 atom stereocenters. The normalized spacial score (nSPS) is 11.5. The van der Waals surface area contributed by atoms with E-state index in [0.717, 1.165) is 4.31 Å². The van der Waals surface area contributed by atoms with Gasteiger partial charge in [0.1, 0.15) is 51.3 Å². The molecule has 5 aromatic carbocycles. The molecule has 0 bridgehead atoms. The number of halogens is 4. The first-order valence-electron chi connectivity index (χ1n) is 18.6. The second-order valence-corrected chi connectivity index (χ2v) is 15.4. The van der Waals surface area contributed by atoms with Gasteiger partial charge < -0.3 is 25.3 Å². The zero-order valence-corrected chi connectivity index (χ0v) is 33.4. The number of methoxy groups -OCH3 is 2. The van der Waals surface area contributed by atoms with Crippen molar-refractivity contribution in [3.63, 3.8) is 0 Å². The predicted octanol–water partition coefficient (Wildman–Crippen LogP) is 7.65. The van der Waals surface area contributed by atoms with Crippen LogP contribution in [0.3, 0.4) is 0 Å². The molecule has 7 aromatic rings. The van der Waals surface area contributed by atoms with E-state index in [4.69, 9.17) is 25.0 Å². The van der Waals surface area contributed by atoms with Crippen LogP contribution >= 0.6 is 0 Å². The number of aromatic nitrogens is 4. The lowest BCUT2D eigenvalue weighted by Crippen LogP contribution is -2.35. The Labute approximate surface area is 347 Å². The number of sulfonamides is 1. The Kier molecular flexibility index (Phi) is 12.5. The van der Waals surface area contributed by atoms with Crippen LogP contribution in [0.5, 0.6) is 23.0 Å². The van der Waals surface area contributed by atoms with Crippen LogP contribution in [0.25, 0.3) is 22.3 Å². The van der Waals surface area contributed by atoms with E-state index in [1.807, 2.05) is 30.3 Å². The number of rotatable bonds is 16. The first kappa shape index (κ1) is 42.1. The summed E-state index contributed by atoms with van der Waals surface area (Å²) in [7, 11) is -2.43. The lowest BCUT2D eigenvalue weighted by atomic mass is 10.1. The summed E-state index contributed by atoms with van der Waals surface area (Å²) in [6.07, 6.45) is 1.33. The van der Waals surface area contributed by atoms with Gasteiger partial charge in [0.2, 0.25) is 10.0 Å². The van der Waals surface area contributed by atoms with Crippen LogP contribution in [0.4, 0.5) is 23.4 Å². The largest absolute Gasteiger partial charge is 0.497 e. The summed E-state index contributed by atoms with van der Waals surface area (Å²) in [5, 5.41) is 7.47. The number of aryl methyl sites for hydroxylation is 1. The second-order valence-electron chi connectivity index (χ2n) is 13.5. The van der Waals surface area contributed by atoms with Crippen LogP contribution in [0.1, 0.15) is 27.9 Å². The summed E-state index contributed by atoms with van der Waals surface area (Å²) in [5.74, 6) is -8.40. The van der Waals surface area contributed by atoms with Crippen molar-refractivity contribution >= 4 is 32.8 Å². The third-order valence-corrected chi connectivity index (χ3v) is 11.4. The third kappa shape index (κ3) is 8.95. The summed E-state index contributed by atoms with van der Waals surface area (Å²) in [5.41, 5.74) is 6.95. The van der Waals surface area contributed by atoms with Crippen molar-refractivity contribution in [2.24, 2.45) is 0 Å². The van der Waals surface area contributed by atoms with Gasteiger partial charge in [-0.3, -0.25) is 4.79 Å². The van der Waals surface area contributed by atoms with Crippen LogP contribution in [0, 0.1) is 23.3 Å². The van der Waals surface area contributed by atoms with Crippen molar-refractivity contribution in [2.75, 3.05) is 26.5 Å². The van der Waals surface area contributed by atoms with E-state index in [1.165, 1.54) is 49.5 Å². The molecule has 1 amide bonds. The predicted molar refractivity (Wildman–Crippen MR) is 217 cm³/mol. The van der Waals surface area contributed by atoms with Crippen molar-refractivity contribution < 1.29 is 45.0 Å². The molecule has 3 N–H and O–H groups in total. The molecule has 0 aliphatic heterocycles. The summed E-state index contributed by atoms with van der Waals surface area (Å²) in [6.45, 7) is -1.08. The molecule has 0 aliphatic rings.